The lowest BCUT2D eigenvalue weighted by molar-refractivity contribution is 0.994. The lowest BCUT2D eigenvalue weighted by Crippen LogP contribution is -2.01. The zero-order valence-corrected chi connectivity index (χ0v) is 8.85. The number of anilines is 2. The predicted octanol–water partition coefficient (Wildman–Crippen LogP) is 1.37. The number of pyridine rings is 1. The largest absolute Gasteiger partial charge is 0.399 e. The number of nitrogen functional groups attached to an aromatic ring is 2. The van der Waals surface area contributed by atoms with E-state index in [1.54, 1.807) is 12.1 Å². The first-order valence-corrected chi connectivity index (χ1v) is 5.02. The van der Waals surface area contributed by atoms with E-state index in [0.29, 0.717) is 17.9 Å². The number of aromatic nitrogens is 1. The minimum absolute atomic E-state index is 0.413. The second kappa shape index (κ2) is 4.20. The van der Waals surface area contributed by atoms with Gasteiger partial charge in [-0.15, -0.1) is 0 Å². The van der Waals surface area contributed by atoms with Crippen LogP contribution in [0.15, 0.2) is 36.4 Å². The maximum absolute atomic E-state index is 5.89. The van der Waals surface area contributed by atoms with E-state index >= 15 is 0 Å². The summed E-state index contributed by atoms with van der Waals surface area (Å²) in [5.41, 5.74) is 21.0. The van der Waals surface area contributed by atoms with Crippen LogP contribution in [-0.2, 0) is 6.54 Å². The average molecular weight is 214 g/mol. The average Bonchev–Trinajstić information content (AvgIpc) is 2.32. The van der Waals surface area contributed by atoms with Gasteiger partial charge in [0.15, 0.2) is 0 Å². The molecule has 0 atom stereocenters. The Hall–Kier alpha value is -2.07. The molecule has 0 fully saturated rings. The molecule has 0 aliphatic heterocycles. The number of rotatable bonds is 2. The summed E-state index contributed by atoms with van der Waals surface area (Å²) in [6.07, 6.45) is 0. The molecule has 0 saturated heterocycles. The number of benzene rings is 1. The van der Waals surface area contributed by atoms with Gasteiger partial charge in [-0.2, -0.15) is 0 Å². The molecule has 82 valence electrons. The summed E-state index contributed by atoms with van der Waals surface area (Å²) < 4.78 is 0. The molecule has 1 aromatic heterocycles. The van der Waals surface area contributed by atoms with Crippen LogP contribution in [0, 0.1) is 0 Å². The van der Waals surface area contributed by atoms with Crippen LogP contribution in [0.3, 0.4) is 0 Å². The van der Waals surface area contributed by atoms with E-state index in [1.807, 2.05) is 24.3 Å². The third-order valence-corrected chi connectivity index (χ3v) is 2.37. The molecule has 0 bridgehead atoms. The first-order chi connectivity index (χ1) is 7.70. The van der Waals surface area contributed by atoms with Crippen molar-refractivity contribution in [3.63, 3.8) is 0 Å². The van der Waals surface area contributed by atoms with Crippen LogP contribution in [0.4, 0.5) is 11.4 Å². The minimum atomic E-state index is 0.413. The van der Waals surface area contributed by atoms with Crippen molar-refractivity contribution in [1.29, 1.82) is 0 Å². The van der Waals surface area contributed by atoms with Crippen molar-refractivity contribution >= 4 is 11.4 Å². The fraction of sp³-hybridized carbons (Fsp3) is 0.0833. The van der Waals surface area contributed by atoms with Gasteiger partial charge < -0.3 is 17.2 Å². The lowest BCUT2D eigenvalue weighted by Gasteiger charge is -2.07. The highest BCUT2D eigenvalue weighted by Gasteiger charge is 2.05. The maximum Gasteiger partial charge on any atom is 0.0727 e. The van der Waals surface area contributed by atoms with Crippen LogP contribution in [0.1, 0.15) is 5.69 Å². The molecule has 4 heteroatoms. The molecule has 1 aromatic carbocycles. The van der Waals surface area contributed by atoms with Gasteiger partial charge in [-0.25, -0.2) is 0 Å². The van der Waals surface area contributed by atoms with E-state index < -0.39 is 0 Å². The number of hydrogen-bond donors (Lipinski definition) is 3. The number of hydrogen-bond acceptors (Lipinski definition) is 4. The molecule has 0 aliphatic carbocycles. The van der Waals surface area contributed by atoms with Gasteiger partial charge in [0.25, 0.3) is 0 Å². The van der Waals surface area contributed by atoms with Crippen LogP contribution < -0.4 is 17.2 Å². The number of nitrogens with two attached hydrogens (primary N) is 3. The molecule has 0 amide bonds. The molecular formula is C12H14N4. The van der Waals surface area contributed by atoms with Gasteiger partial charge >= 0.3 is 0 Å². The van der Waals surface area contributed by atoms with Crippen LogP contribution in [0.5, 0.6) is 0 Å². The molecule has 0 unspecified atom stereocenters. The van der Waals surface area contributed by atoms with Crippen molar-refractivity contribution in [3.8, 4) is 11.3 Å². The Morgan fingerprint density at radius 3 is 2.62 bits per heavy atom. The Kier molecular flexibility index (Phi) is 2.74. The summed E-state index contributed by atoms with van der Waals surface area (Å²) in [4.78, 5) is 4.40. The molecule has 0 spiro atoms. The van der Waals surface area contributed by atoms with E-state index in [2.05, 4.69) is 4.98 Å². The zero-order chi connectivity index (χ0) is 11.5. The first kappa shape index (κ1) is 10.4. The highest BCUT2D eigenvalue weighted by atomic mass is 14.8. The van der Waals surface area contributed by atoms with E-state index in [-0.39, 0.29) is 0 Å². The summed E-state index contributed by atoms with van der Waals surface area (Å²) in [5.74, 6) is 0. The summed E-state index contributed by atoms with van der Waals surface area (Å²) >= 11 is 0. The summed E-state index contributed by atoms with van der Waals surface area (Å²) in [6.45, 7) is 0.413. The fourth-order valence-electron chi connectivity index (χ4n) is 1.54. The van der Waals surface area contributed by atoms with E-state index in [4.69, 9.17) is 17.2 Å². The molecule has 4 nitrogen and oxygen atoms in total. The first-order valence-electron chi connectivity index (χ1n) is 5.02. The second-order valence-corrected chi connectivity index (χ2v) is 3.56. The minimum Gasteiger partial charge on any atom is -0.399 e. The van der Waals surface area contributed by atoms with E-state index in [1.165, 1.54) is 0 Å². The van der Waals surface area contributed by atoms with Crippen LogP contribution in [0.2, 0.25) is 0 Å². The predicted molar refractivity (Wildman–Crippen MR) is 66.4 cm³/mol. The molecule has 1 heterocycles. The normalized spacial score (nSPS) is 10.3. The Labute approximate surface area is 94.1 Å². The molecule has 2 rings (SSSR count). The Balaban J connectivity index is 2.53. The lowest BCUT2D eigenvalue weighted by atomic mass is 10.1. The van der Waals surface area contributed by atoms with Gasteiger partial charge in [0.1, 0.15) is 0 Å². The second-order valence-electron chi connectivity index (χ2n) is 3.56. The van der Waals surface area contributed by atoms with Crippen molar-refractivity contribution in [2.24, 2.45) is 5.73 Å². The molecule has 2 aromatic rings. The van der Waals surface area contributed by atoms with Crippen molar-refractivity contribution in [2.45, 2.75) is 6.54 Å². The van der Waals surface area contributed by atoms with Crippen molar-refractivity contribution in [1.82, 2.24) is 4.98 Å². The topological polar surface area (TPSA) is 91.0 Å². The summed E-state index contributed by atoms with van der Waals surface area (Å²) in [5, 5.41) is 0. The number of nitrogens with zero attached hydrogens (tertiary/aromatic N) is 1. The molecule has 6 N–H and O–H groups in total. The zero-order valence-electron chi connectivity index (χ0n) is 8.85. The van der Waals surface area contributed by atoms with Gasteiger partial charge in [-0.3, -0.25) is 4.98 Å². The van der Waals surface area contributed by atoms with Gasteiger partial charge in [0, 0.05) is 23.5 Å². The summed E-state index contributed by atoms with van der Waals surface area (Å²) in [6, 6.07) is 11.1. The van der Waals surface area contributed by atoms with E-state index in [9.17, 15) is 0 Å². The van der Waals surface area contributed by atoms with Crippen LogP contribution in [-0.4, -0.2) is 4.98 Å². The highest BCUT2D eigenvalue weighted by molar-refractivity contribution is 5.76. The van der Waals surface area contributed by atoms with Gasteiger partial charge in [0.2, 0.25) is 0 Å². The van der Waals surface area contributed by atoms with Crippen molar-refractivity contribution < 1.29 is 0 Å². The third-order valence-electron chi connectivity index (χ3n) is 2.37. The Bertz CT molecular complexity index is 508. The van der Waals surface area contributed by atoms with E-state index in [0.717, 1.165) is 17.0 Å². The van der Waals surface area contributed by atoms with Crippen molar-refractivity contribution in [3.05, 3.63) is 42.1 Å². The Morgan fingerprint density at radius 2 is 1.88 bits per heavy atom. The maximum atomic E-state index is 5.89. The van der Waals surface area contributed by atoms with Crippen LogP contribution in [0.25, 0.3) is 11.3 Å². The third kappa shape index (κ3) is 1.97. The molecule has 0 aliphatic rings. The fourth-order valence-corrected chi connectivity index (χ4v) is 1.54. The smallest absolute Gasteiger partial charge is 0.0727 e. The molecule has 0 saturated carbocycles. The highest BCUT2D eigenvalue weighted by Crippen LogP contribution is 2.26. The Morgan fingerprint density at radius 1 is 1.06 bits per heavy atom. The quantitative estimate of drug-likeness (QED) is 0.658. The molecule has 0 radical (unpaired) electrons. The monoisotopic (exact) mass is 214 g/mol. The molecular weight excluding hydrogens is 200 g/mol. The molecule has 16 heavy (non-hydrogen) atoms. The van der Waals surface area contributed by atoms with Gasteiger partial charge in [-0.1, -0.05) is 6.07 Å². The standard InChI is InChI=1S/C12H14N4/c13-7-9-2-1-3-12(16-9)10-6-8(14)4-5-11(10)15/h1-6H,7,13-15H2. The van der Waals surface area contributed by atoms with Gasteiger partial charge in [-0.05, 0) is 30.3 Å². The SMILES string of the molecule is NCc1cccc(-c2cc(N)ccc2N)n1. The van der Waals surface area contributed by atoms with Crippen molar-refractivity contribution in [2.75, 3.05) is 11.5 Å². The van der Waals surface area contributed by atoms with Crippen LogP contribution >= 0.6 is 0 Å². The summed E-state index contributed by atoms with van der Waals surface area (Å²) in [7, 11) is 0. The van der Waals surface area contributed by atoms with Gasteiger partial charge in [0.05, 0.1) is 11.4 Å².